The number of ether oxygens (including phenoxy) is 2. The van der Waals surface area contributed by atoms with Crippen molar-refractivity contribution in [2.75, 3.05) is 20.8 Å². The predicted octanol–water partition coefficient (Wildman–Crippen LogP) is 1.52. The maximum atomic E-state index is 11.9. The first-order valence-electron chi connectivity index (χ1n) is 6.12. The monoisotopic (exact) mass is 302 g/mol. The molecule has 0 fully saturated rings. The molecular formula is C14H23ClN2O3. The Balaban J connectivity index is 0.00000361. The van der Waals surface area contributed by atoms with Gasteiger partial charge in [-0.2, -0.15) is 0 Å². The molecule has 1 rings (SSSR count). The number of halogens is 1. The lowest BCUT2D eigenvalue weighted by molar-refractivity contribution is -0.120. The Labute approximate surface area is 126 Å². The van der Waals surface area contributed by atoms with Crippen LogP contribution in [-0.4, -0.2) is 32.2 Å². The molecule has 0 saturated heterocycles. The fourth-order valence-corrected chi connectivity index (χ4v) is 1.58. The SMILES string of the molecule is COc1ccc(OC)c(CC(=O)NCC(C)(C)N)c1.Cl. The van der Waals surface area contributed by atoms with Gasteiger partial charge in [0.1, 0.15) is 11.5 Å². The molecule has 0 heterocycles. The molecule has 0 aliphatic rings. The number of hydrogen-bond donors (Lipinski definition) is 2. The average molecular weight is 303 g/mol. The number of nitrogens with one attached hydrogen (secondary N) is 1. The van der Waals surface area contributed by atoms with Gasteiger partial charge in [0, 0.05) is 17.6 Å². The van der Waals surface area contributed by atoms with Crippen molar-refractivity contribution in [2.45, 2.75) is 25.8 Å². The van der Waals surface area contributed by atoms with E-state index in [0.717, 1.165) is 5.56 Å². The number of methoxy groups -OCH3 is 2. The van der Waals surface area contributed by atoms with Crippen LogP contribution in [0.5, 0.6) is 11.5 Å². The lowest BCUT2D eigenvalue weighted by atomic mass is 10.1. The second-order valence-corrected chi connectivity index (χ2v) is 5.12. The molecule has 6 heteroatoms. The van der Waals surface area contributed by atoms with E-state index in [4.69, 9.17) is 15.2 Å². The Bertz CT molecular complexity index is 445. The van der Waals surface area contributed by atoms with Gasteiger partial charge in [0.15, 0.2) is 0 Å². The summed E-state index contributed by atoms with van der Waals surface area (Å²) in [5.74, 6) is 1.27. The van der Waals surface area contributed by atoms with Crippen molar-refractivity contribution >= 4 is 18.3 Å². The number of amides is 1. The van der Waals surface area contributed by atoms with E-state index in [-0.39, 0.29) is 24.7 Å². The van der Waals surface area contributed by atoms with Crippen LogP contribution in [0, 0.1) is 0 Å². The molecule has 1 amide bonds. The van der Waals surface area contributed by atoms with Gasteiger partial charge in [0.05, 0.1) is 20.6 Å². The van der Waals surface area contributed by atoms with Gasteiger partial charge in [-0.1, -0.05) is 0 Å². The number of carbonyl (C=O) groups excluding carboxylic acids is 1. The lowest BCUT2D eigenvalue weighted by Crippen LogP contribution is -2.45. The van der Waals surface area contributed by atoms with E-state index >= 15 is 0 Å². The maximum absolute atomic E-state index is 11.9. The van der Waals surface area contributed by atoms with Crippen molar-refractivity contribution in [1.29, 1.82) is 0 Å². The van der Waals surface area contributed by atoms with Crippen LogP contribution >= 0.6 is 12.4 Å². The van der Waals surface area contributed by atoms with Crippen LogP contribution < -0.4 is 20.5 Å². The summed E-state index contributed by atoms with van der Waals surface area (Å²) in [7, 11) is 3.16. The largest absolute Gasteiger partial charge is 0.497 e. The van der Waals surface area contributed by atoms with Gasteiger partial charge in [-0.05, 0) is 32.0 Å². The molecule has 1 aromatic rings. The van der Waals surface area contributed by atoms with E-state index < -0.39 is 5.54 Å². The van der Waals surface area contributed by atoms with Crippen LogP contribution in [0.15, 0.2) is 18.2 Å². The number of nitrogens with two attached hydrogens (primary N) is 1. The molecule has 0 radical (unpaired) electrons. The molecule has 0 aliphatic heterocycles. The molecular weight excluding hydrogens is 280 g/mol. The van der Waals surface area contributed by atoms with Crippen LogP contribution in [0.4, 0.5) is 0 Å². The highest BCUT2D eigenvalue weighted by Crippen LogP contribution is 2.24. The molecule has 0 atom stereocenters. The molecule has 0 bridgehead atoms. The molecule has 1 aromatic carbocycles. The molecule has 0 spiro atoms. The lowest BCUT2D eigenvalue weighted by Gasteiger charge is -2.19. The first-order chi connectivity index (χ1) is 8.85. The number of benzene rings is 1. The fraction of sp³-hybridized carbons (Fsp3) is 0.500. The van der Waals surface area contributed by atoms with Gasteiger partial charge in [-0.25, -0.2) is 0 Å². The minimum absolute atomic E-state index is 0. The second kappa shape index (κ2) is 7.97. The summed E-state index contributed by atoms with van der Waals surface area (Å²) in [5, 5.41) is 2.80. The number of hydrogen-bond acceptors (Lipinski definition) is 4. The van der Waals surface area contributed by atoms with Crippen LogP contribution in [0.1, 0.15) is 19.4 Å². The Kier molecular flexibility index (Phi) is 7.39. The normalized spacial score (nSPS) is 10.4. The third kappa shape index (κ3) is 6.12. The van der Waals surface area contributed by atoms with E-state index in [1.54, 1.807) is 32.4 Å². The van der Waals surface area contributed by atoms with Gasteiger partial charge in [0.25, 0.3) is 0 Å². The zero-order valence-electron chi connectivity index (χ0n) is 12.4. The van der Waals surface area contributed by atoms with E-state index in [1.807, 2.05) is 13.8 Å². The molecule has 0 aromatic heterocycles. The molecule has 0 aliphatic carbocycles. The van der Waals surface area contributed by atoms with Gasteiger partial charge >= 0.3 is 0 Å². The molecule has 3 N–H and O–H groups in total. The van der Waals surface area contributed by atoms with E-state index in [1.165, 1.54) is 0 Å². The van der Waals surface area contributed by atoms with Crippen LogP contribution in [0.25, 0.3) is 0 Å². The minimum atomic E-state index is -0.422. The summed E-state index contributed by atoms with van der Waals surface area (Å²) in [6.07, 6.45) is 0.233. The van der Waals surface area contributed by atoms with Gasteiger partial charge in [0.2, 0.25) is 5.91 Å². The van der Waals surface area contributed by atoms with Crippen molar-refractivity contribution in [1.82, 2.24) is 5.32 Å². The highest BCUT2D eigenvalue weighted by Gasteiger charge is 2.14. The summed E-state index contributed by atoms with van der Waals surface area (Å²) in [6, 6.07) is 5.38. The minimum Gasteiger partial charge on any atom is -0.497 e. The molecule has 0 saturated carbocycles. The van der Waals surface area contributed by atoms with E-state index in [9.17, 15) is 4.79 Å². The van der Waals surface area contributed by atoms with Gasteiger partial charge in [-0.3, -0.25) is 4.79 Å². The van der Waals surface area contributed by atoms with Crippen LogP contribution in [0.3, 0.4) is 0 Å². The van der Waals surface area contributed by atoms with Crippen molar-refractivity contribution < 1.29 is 14.3 Å². The van der Waals surface area contributed by atoms with E-state index in [2.05, 4.69) is 5.32 Å². The standard InChI is InChI=1S/C14H22N2O3.ClH/c1-14(2,15)9-16-13(17)8-10-7-11(18-3)5-6-12(10)19-4;/h5-7H,8-9,15H2,1-4H3,(H,16,17);1H. The zero-order chi connectivity index (χ0) is 14.5. The third-order valence-corrected chi connectivity index (χ3v) is 2.58. The smallest absolute Gasteiger partial charge is 0.224 e. The van der Waals surface area contributed by atoms with Crippen LogP contribution in [-0.2, 0) is 11.2 Å². The van der Waals surface area contributed by atoms with Crippen molar-refractivity contribution in [3.8, 4) is 11.5 Å². The fourth-order valence-electron chi connectivity index (χ4n) is 1.58. The highest BCUT2D eigenvalue weighted by atomic mass is 35.5. The summed E-state index contributed by atoms with van der Waals surface area (Å²) >= 11 is 0. The highest BCUT2D eigenvalue weighted by molar-refractivity contribution is 5.85. The Morgan fingerprint density at radius 1 is 1.30 bits per heavy atom. The average Bonchev–Trinajstić information content (AvgIpc) is 2.35. The number of carbonyl (C=O) groups is 1. The quantitative estimate of drug-likeness (QED) is 0.835. The van der Waals surface area contributed by atoms with E-state index in [0.29, 0.717) is 18.0 Å². The summed E-state index contributed by atoms with van der Waals surface area (Å²) in [4.78, 5) is 11.9. The van der Waals surface area contributed by atoms with Gasteiger partial charge < -0.3 is 20.5 Å². The Morgan fingerprint density at radius 3 is 2.45 bits per heavy atom. The molecule has 5 nitrogen and oxygen atoms in total. The second-order valence-electron chi connectivity index (χ2n) is 5.12. The first kappa shape index (κ1) is 18.5. The van der Waals surface area contributed by atoms with Crippen molar-refractivity contribution in [3.05, 3.63) is 23.8 Å². The summed E-state index contributed by atoms with van der Waals surface area (Å²) in [6.45, 7) is 4.15. The topological polar surface area (TPSA) is 73.6 Å². The third-order valence-electron chi connectivity index (χ3n) is 2.58. The Hall–Kier alpha value is -1.46. The van der Waals surface area contributed by atoms with Crippen molar-refractivity contribution in [3.63, 3.8) is 0 Å². The summed E-state index contributed by atoms with van der Waals surface area (Å²) in [5.41, 5.74) is 6.18. The Morgan fingerprint density at radius 2 is 1.95 bits per heavy atom. The first-order valence-corrected chi connectivity index (χ1v) is 6.12. The molecule has 20 heavy (non-hydrogen) atoms. The van der Waals surface area contributed by atoms with Gasteiger partial charge in [-0.15, -0.1) is 12.4 Å². The summed E-state index contributed by atoms with van der Waals surface area (Å²) < 4.78 is 10.4. The van der Waals surface area contributed by atoms with Crippen LogP contribution in [0.2, 0.25) is 0 Å². The maximum Gasteiger partial charge on any atom is 0.224 e. The zero-order valence-corrected chi connectivity index (χ0v) is 13.2. The molecule has 0 unspecified atom stereocenters. The van der Waals surface area contributed by atoms with Crippen molar-refractivity contribution in [2.24, 2.45) is 5.73 Å². The predicted molar refractivity (Wildman–Crippen MR) is 81.8 cm³/mol. The molecule has 114 valence electrons. The number of rotatable bonds is 6.